The summed E-state index contributed by atoms with van der Waals surface area (Å²) < 4.78 is 0. The molecule has 3 aromatic rings. The van der Waals surface area contributed by atoms with Crippen molar-refractivity contribution in [3.63, 3.8) is 0 Å². The van der Waals surface area contributed by atoms with E-state index in [9.17, 15) is 9.59 Å². The van der Waals surface area contributed by atoms with Crippen LogP contribution in [0.1, 0.15) is 23.6 Å². The number of likely N-dealkylation sites (N-methyl/N-ethyl adjacent to an activating group) is 1. The van der Waals surface area contributed by atoms with Gasteiger partial charge >= 0.3 is 0 Å². The highest BCUT2D eigenvalue weighted by Crippen LogP contribution is 2.17. The predicted molar refractivity (Wildman–Crippen MR) is 125 cm³/mol. The van der Waals surface area contributed by atoms with E-state index >= 15 is 0 Å². The largest absolute Gasteiger partial charge is 0.355 e. The highest BCUT2D eigenvalue weighted by atomic mass is 35.5. The van der Waals surface area contributed by atoms with Crippen LogP contribution in [0.3, 0.4) is 0 Å². The number of carbonyl (C=O) groups is 2. The third-order valence-electron chi connectivity index (χ3n) is 5.09. The van der Waals surface area contributed by atoms with Gasteiger partial charge in [0.05, 0.1) is 6.42 Å². The Hall–Kier alpha value is -3.11. The molecule has 0 aliphatic heterocycles. The van der Waals surface area contributed by atoms with E-state index in [1.807, 2.05) is 79.7 Å². The molecular formula is C26H27ClN2O2. The maximum Gasteiger partial charge on any atom is 0.243 e. The molecular weight excluding hydrogens is 408 g/mol. The standard InChI is InChI=1S/C26H27ClN2O2/c1-2-28-26(31)24(17-20-9-5-3-6-10-20)29(19-22-11-7-4-8-12-22)25(30)18-21-13-15-23(27)16-14-21/h3-16,24H,2,17-19H2,1H3,(H,28,31)/t24-/m0/s1. The van der Waals surface area contributed by atoms with E-state index in [1.54, 1.807) is 17.0 Å². The molecule has 0 spiro atoms. The fourth-order valence-corrected chi connectivity index (χ4v) is 3.63. The van der Waals surface area contributed by atoms with Crippen LogP contribution >= 0.6 is 11.6 Å². The first-order valence-electron chi connectivity index (χ1n) is 10.5. The van der Waals surface area contributed by atoms with Gasteiger partial charge in [-0.25, -0.2) is 0 Å². The maximum atomic E-state index is 13.5. The van der Waals surface area contributed by atoms with Crippen molar-refractivity contribution in [2.45, 2.75) is 32.4 Å². The second-order valence-electron chi connectivity index (χ2n) is 7.41. The summed E-state index contributed by atoms with van der Waals surface area (Å²) >= 11 is 5.99. The van der Waals surface area contributed by atoms with Crippen LogP contribution in [-0.2, 0) is 29.0 Å². The van der Waals surface area contributed by atoms with Gasteiger partial charge in [-0.15, -0.1) is 0 Å². The summed E-state index contributed by atoms with van der Waals surface area (Å²) in [4.78, 5) is 28.2. The van der Waals surface area contributed by atoms with Gasteiger partial charge in [-0.1, -0.05) is 84.4 Å². The van der Waals surface area contributed by atoms with Crippen LogP contribution < -0.4 is 5.32 Å². The van der Waals surface area contributed by atoms with E-state index in [-0.39, 0.29) is 18.2 Å². The lowest BCUT2D eigenvalue weighted by Crippen LogP contribution is -2.50. The SMILES string of the molecule is CCNC(=O)[C@H](Cc1ccccc1)N(Cc1ccccc1)C(=O)Cc1ccc(Cl)cc1. The topological polar surface area (TPSA) is 49.4 Å². The number of amides is 2. The second kappa shape index (κ2) is 11.3. The molecule has 0 aliphatic carbocycles. The summed E-state index contributed by atoms with van der Waals surface area (Å²) in [5.74, 6) is -0.245. The first kappa shape index (κ1) is 22.6. The van der Waals surface area contributed by atoms with E-state index in [4.69, 9.17) is 11.6 Å². The molecule has 0 saturated carbocycles. The molecule has 0 fully saturated rings. The molecule has 0 heterocycles. The monoisotopic (exact) mass is 434 g/mol. The summed E-state index contributed by atoms with van der Waals surface area (Å²) in [6, 6.07) is 26.2. The van der Waals surface area contributed by atoms with Gasteiger partial charge in [0, 0.05) is 24.5 Å². The Bertz CT molecular complexity index is 975. The first-order valence-corrected chi connectivity index (χ1v) is 10.8. The van der Waals surface area contributed by atoms with Crippen molar-refractivity contribution in [2.24, 2.45) is 0 Å². The molecule has 0 saturated heterocycles. The molecule has 31 heavy (non-hydrogen) atoms. The Balaban J connectivity index is 1.92. The average molecular weight is 435 g/mol. The summed E-state index contributed by atoms with van der Waals surface area (Å²) in [5.41, 5.74) is 2.85. The molecule has 3 rings (SSSR count). The van der Waals surface area contributed by atoms with Gasteiger partial charge in [0.1, 0.15) is 6.04 Å². The zero-order chi connectivity index (χ0) is 22.1. The number of rotatable bonds is 9. The summed E-state index contributed by atoms with van der Waals surface area (Å²) in [7, 11) is 0. The Kier molecular flexibility index (Phi) is 8.25. The molecule has 5 heteroatoms. The zero-order valence-electron chi connectivity index (χ0n) is 17.6. The number of nitrogens with zero attached hydrogens (tertiary/aromatic N) is 1. The molecule has 160 valence electrons. The van der Waals surface area contributed by atoms with Crippen LogP contribution in [0.4, 0.5) is 0 Å². The molecule has 3 aromatic carbocycles. The highest BCUT2D eigenvalue weighted by molar-refractivity contribution is 6.30. The van der Waals surface area contributed by atoms with E-state index in [2.05, 4.69) is 5.32 Å². The second-order valence-corrected chi connectivity index (χ2v) is 7.85. The van der Waals surface area contributed by atoms with Gasteiger partial charge in [0.15, 0.2) is 0 Å². The van der Waals surface area contributed by atoms with Gasteiger partial charge in [-0.3, -0.25) is 9.59 Å². The van der Waals surface area contributed by atoms with Gasteiger partial charge in [-0.05, 0) is 35.7 Å². The van der Waals surface area contributed by atoms with E-state index in [0.717, 1.165) is 16.7 Å². The normalized spacial score (nSPS) is 11.5. The van der Waals surface area contributed by atoms with Gasteiger partial charge < -0.3 is 10.2 Å². The lowest BCUT2D eigenvalue weighted by Gasteiger charge is -2.31. The molecule has 0 bridgehead atoms. The van der Waals surface area contributed by atoms with Gasteiger partial charge in [-0.2, -0.15) is 0 Å². The summed E-state index contributed by atoms with van der Waals surface area (Å²) in [6.45, 7) is 2.76. The van der Waals surface area contributed by atoms with Crippen molar-refractivity contribution in [3.8, 4) is 0 Å². The lowest BCUT2D eigenvalue weighted by atomic mass is 10.0. The van der Waals surface area contributed by atoms with E-state index in [1.165, 1.54) is 0 Å². The van der Waals surface area contributed by atoms with Crippen molar-refractivity contribution < 1.29 is 9.59 Å². The minimum atomic E-state index is -0.609. The number of hydrogen-bond donors (Lipinski definition) is 1. The third-order valence-corrected chi connectivity index (χ3v) is 5.34. The fourth-order valence-electron chi connectivity index (χ4n) is 3.50. The Labute approximate surface area is 188 Å². The minimum absolute atomic E-state index is 0.0987. The van der Waals surface area contributed by atoms with Crippen molar-refractivity contribution in [1.82, 2.24) is 10.2 Å². The van der Waals surface area contributed by atoms with E-state index < -0.39 is 6.04 Å². The molecule has 1 atom stereocenters. The molecule has 2 amide bonds. The van der Waals surface area contributed by atoms with Crippen LogP contribution in [0, 0.1) is 0 Å². The van der Waals surface area contributed by atoms with Crippen molar-refractivity contribution >= 4 is 23.4 Å². The van der Waals surface area contributed by atoms with E-state index in [0.29, 0.717) is 24.5 Å². The van der Waals surface area contributed by atoms with Crippen LogP contribution in [0.5, 0.6) is 0 Å². The number of nitrogens with one attached hydrogen (secondary N) is 1. The molecule has 0 unspecified atom stereocenters. The molecule has 4 nitrogen and oxygen atoms in total. The smallest absolute Gasteiger partial charge is 0.243 e. The Morgan fingerprint density at radius 2 is 1.42 bits per heavy atom. The highest BCUT2D eigenvalue weighted by Gasteiger charge is 2.30. The van der Waals surface area contributed by atoms with Gasteiger partial charge in [0.25, 0.3) is 0 Å². The number of benzene rings is 3. The first-order chi connectivity index (χ1) is 15.1. The number of halogens is 1. The Morgan fingerprint density at radius 1 is 0.839 bits per heavy atom. The zero-order valence-corrected chi connectivity index (χ0v) is 18.4. The summed E-state index contributed by atoms with van der Waals surface area (Å²) in [5, 5.41) is 3.53. The predicted octanol–water partition coefficient (Wildman–Crippen LogP) is 4.66. The number of carbonyl (C=O) groups excluding carboxylic acids is 2. The van der Waals surface area contributed by atoms with Gasteiger partial charge in [0.2, 0.25) is 11.8 Å². The Morgan fingerprint density at radius 3 is 2.00 bits per heavy atom. The molecule has 0 radical (unpaired) electrons. The van der Waals surface area contributed by atoms with Crippen LogP contribution in [0.2, 0.25) is 5.02 Å². The fraction of sp³-hybridized carbons (Fsp3) is 0.231. The maximum absolute atomic E-state index is 13.5. The lowest BCUT2D eigenvalue weighted by molar-refractivity contribution is -0.140. The number of hydrogen-bond acceptors (Lipinski definition) is 2. The molecule has 0 aromatic heterocycles. The van der Waals surface area contributed by atoms with Crippen LogP contribution in [0.25, 0.3) is 0 Å². The average Bonchev–Trinajstić information content (AvgIpc) is 2.79. The minimum Gasteiger partial charge on any atom is -0.355 e. The molecule has 0 aliphatic rings. The molecule has 1 N–H and O–H groups in total. The van der Waals surface area contributed by atoms with Crippen LogP contribution in [0.15, 0.2) is 84.9 Å². The van der Waals surface area contributed by atoms with Crippen molar-refractivity contribution in [2.75, 3.05) is 6.54 Å². The quantitative estimate of drug-likeness (QED) is 0.532. The van der Waals surface area contributed by atoms with Crippen LogP contribution in [-0.4, -0.2) is 29.3 Å². The van der Waals surface area contributed by atoms with Crippen molar-refractivity contribution in [1.29, 1.82) is 0 Å². The van der Waals surface area contributed by atoms with Crippen molar-refractivity contribution in [3.05, 3.63) is 107 Å². The summed E-state index contributed by atoms with van der Waals surface area (Å²) in [6.07, 6.45) is 0.653. The third kappa shape index (κ3) is 6.69.